The van der Waals surface area contributed by atoms with Crippen LogP contribution in [-0.2, 0) is 5.41 Å². The zero-order valence-electron chi connectivity index (χ0n) is 46.3. The van der Waals surface area contributed by atoms with E-state index in [1.165, 1.54) is 65.3 Å². The van der Waals surface area contributed by atoms with Gasteiger partial charge in [-0.3, -0.25) is 0 Å². The Balaban J connectivity index is 0.765. The first-order valence-electron chi connectivity index (χ1n) is 28.6. The molecule has 394 valence electrons. The summed E-state index contributed by atoms with van der Waals surface area (Å²) >= 11 is 0. The van der Waals surface area contributed by atoms with E-state index in [0.717, 1.165) is 68.2 Å². The Morgan fingerprint density at radius 2 is 0.398 bits per heavy atom. The van der Waals surface area contributed by atoms with E-state index < -0.39 is 0 Å². The van der Waals surface area contributed by atoms with Gasteiger partial charge in [-0.2, -0.15) is 0 Å². The Kier molecular flexibility index (Phi) is 12.2. The Bertz CT molecular complexity index is 4320. The molecule has 1 aliphatic rings. The average Bonchev–Trinajstić information content (AvgIpc) is 4.01. The number of benzene rings is 14. The van der Waals surface area contributed by atoms with Gasteiger partial charge in [0, 0.05) is 73.7 Å². The van der Waals surface area contributed by atoms with E-state index in [9.17, 15) is 0 Å². The fourth-order valence-electron chi connectivity index (χ4n) is 12.9. The highest BCUT2D eigenvalue weighted by Crippen LogP contribution is 2.53. The predicted molar refractivity (Wildman–Crippen MR) is 353 cm³/mol. The van der Waals surface area contributed by atoms with Crippen LogP contribution in [0.5, 0.6) is 0 Å². The third kappa shape index (κ3) is 8.80. The Hall–Kier alpha value is -10.7. The number of hydrogen-bond acceptors (Lipinski definition) is 4. The fraction of sp³-hybridized carbons (Fsp3) is 0.0380. The maximum absolute atomic E-state index is 2.44. The lowest BCUT2D eigenvalue weighted by Crippen LogP contribution is -2.17. The van der Waals surface area contributed by atoms with Crippen molar-refractivity contribution < 1.29 is 0 Å². The molecule has 0 bridgehead atoms. The highest BCUT2D eigenvalue weighted by atomic mass is 15.2. The monoisotopic (exact) mass is 1060 g/mol. The van der Waals surface area contributed by atoms with Crippen molar-refractivity contribution in [2.75, 3.05) is 19.6 Å². The first kappa shape index (κ1) is 49.4. The summed E-state index contributed by atoms with van der Waals surface area (Å²) in [5.74, 6) is 0. The summed E-state index contributed by atoms with van der Waals surface area (Å²) in [4.78, 5) is 9.48. The van der Waals surface area contributed by atoms with E-state index in [4.69, 9.17) is 0 Å². The van der Waals surface area contributed by atoms with Gasteiger partial charge in [-0.25, -0.2) is 0 Å². The summed E-state index contributed by atoms with van der Waals surface area (Å²) in [7, 11) is 0. The molecule has 0 amide bonds. The van der Waals surface area contributed by atoms with Crippen LogP contribution >= 0.6 is 0 Å². The van der Waals surface area contributed by atoms with Gasteiger partial charge in [-0.05, 0) is 211 Å². The minimum Gasteiger partial charge on any atom is -0.310 e. The molecule has 0 heterocycles. The van der Waals surface area contributed by atoms with Crippen molar-refractivity contribution in [2.45, 2.75) is 19.3 Å². The van der Waals surface area contributed by atoms with E-state index >= 15 is 0 Å². The number of hydrogen-bond donors (Lipinski definition) is 0. The molecular formula is C79H58N4. The molecule has 14 aromatic rings. The number of rotatable bonds is 12. The van der Waals surface area contributed by atoms with Crippen LogP contribution in [0.1, 0.15) is 25.0 Å². The first-order valence-corrected chi connectivity index (χ1v) is 28.6. The van der Waals surface area contributed by atoms with Crippen LogP contribution in [0.2, 0.25) is 0 Å². The van der Waals surface area contributed by atoms with Crippen LogP contribution < -0.4 is 19.6 Å². The summed E-state index contributed by atoms with van der Waals surface area (Å²) < 4.78 is 0. The molecule has 15 rings (SSSR count). The minimum absolute atomic E-state index is 0.295. The van der Waals surface area contributed by atoms with E-state index in [-0.39, 0.29) is 5.41 Å². The van der Waals surface area contributed by atoms with Crippen LogP contribution in [0.15, 0.2) is 315 Å². The third-order valence-electron chi connectivity index (χ3n) is 16.9. The topological polar surface area (TPSA) is 13.0 Å². The standard InChI is InChI=1S/C79H58N4/c1-79(2)77-53-69(82(63-29-17-7-18-30-63)67-39-45-73-57(51-67)35-33-55-49-65(37-43-71(55)73)80(59-21-9-3-10-22-59)60-23-11-4-12-24-60)41-47-75(77)76-48-42-70(54-78(76)79)83(64-31-19-8-20-32-64)68-40-46-74-58(52-68)36-34-56-50-66(38-44-72(56)74)81(61-25-13-5-14-26-61)62-27-15-6-16-28-62/h3-54H,1-2H3. The highest BCUT2D eigenvalue weighted by molar-refractivity contribution is 6.11. The average molecular weight is 1060 g/mol. The molecule has 0 aromatic heterocycles. The molecule has 14 aromatic carbocycles. The van der Waals surface area contributed by atoms with Crippen molar-refractivity contribution in [3.63, 3.8) is 0 Å². The SMILES string of the molecule is CC1(C)c2cc(N(c3ccccc3)c3ccc4c(ccc5cc(N(c6ccccc6)c6ccccc6)ccc54)c3)ccc2-c2ccc(N(c3ccccc3)c3ccc4c(ccc5cc(N(c6ccccc6)c6ccccc6)ccc54)c3)cc21. The number of para-hydroxylation sites is 6. The highest BCUT2D eigenvalue weighted by Gasteiger charge is 2.37. The van der Waals surface area contributed by atoms with E-state index in [2.05, 4.69) is 349 Å². The number of fused-ring (bicyclic) bond motifs is 9. The zero-order chi connectivity index (χ0) is 55.4. The molecule has 4 nitrogen and oxygen atoms in total. The molecule has 0 unspecified atom stereocenters. The van der Waals surface area contributed by atoms with Crippen LogP contribution in [0.25, 0.3) is 54.2 Å². The summed E-state index contributed by atoms with van der Waals surface area (Å²) in [5.41, 5.74) is 18.3. The van der Waals surface area contributed by atoms with Crippen molar-refractivity contribution in [3.8, 4) is 11.1 Å². The molecule has 0 saturated carbocycles. The van der Waals surface area contributed by atoms with Crippen molar-refractivity contribution in [3.05, 3.63) is 327 Å². The second-order valence-electron chi connectivity index (χ2n) is 22.2. The molecule has 0 spiro atoms. The van der Waals surface area contributed by atoms with Gasteiger partial charge in [-0.1, -0.05) is 184 Å². The fourth-order valence-corrected chi connectivity index (χ4v) is 12.9. The summed E-state index contributed by atoms with van der Waals surface area (Å²) in [6.07, 6.45) is 0. The van der Waals surface area contributed by atoms with E-state index in [1.54, 1.807) is 0 Å². The van der Waals surface area contributed by atoms with Crippen LogP contribution in [0.4, 0.5) is 68.2 Å². The van der Waals surface area contributed by atoms with E-state index in [1.807, 2.05) is 0 Å². The summed E-state index contributed by atoms with van der Waals surface area (Å²) in [5, 5.41) is 9.70. The second kappa shape index (κ2) is 20.5. The van der Waals surface area contributed by atoms with E-state index in [0.29, 0.717) is 0 Å². The van der Waals surface area contributed by atoms with Gasteiger partial charge in [0.2, 0.25) is 0 Å². The summed E-state index contributed by atoms with van der Waals surface area (Å²) in [6, 6.07) is 115. The zero-order valence-corrected chi connectivity index (χ0v) is 46.3. The van der Waals surface area contributed by atoms with Crippen molar-refractivity contribution in [1.82, 2.24) is 0 Å². The molecule has 1 aliphatic carbocycles. The lowest BCUT2D eigenvalue weighted by molar-refractivity contribution is 0.660. The number of nitrogens with zero attached hydrogens (tertiary/aromatic N) is 4. The number of anilines is 12. The summed E-state index contributed by atoms with van der Waals surface area (Å²) in [6.45, 7) is 4.78. The van der Waals surface area contributed by atoms with Gasteiger partial charge in [0.1, 0.15) is 0 Å². The molecule has 0 aliphatic heterocycles. The molecular weight excluding hydrogens is 1000 g/mol. The molecule has 0 radical (unpaired) electrons. The van der Waals surface area contributed by atoms with Crippen LogP contribution in [0, 0.1) is 0 Å². The molecule has 0 N–H and O–H groups in total. The maximum atomic E-state index is 2.44. The Morgan fingerprint density at radius 3 is 0.639 bits per heavy atom. The van der Waals surface area contributed by atoms with Gasteiger partial charge in [0.05, 0.1) is 0 Å². The van der Waals surface area contributed by atoms with Gasteiger partial charge >= 0.3 is 0 Å². The molecule has 0 atom stereocenters. The third-order valence-corrected chi connectivity index (χ3v) is 16.9. The minimum atomic E-state index is -0.295. The van der Waals surface area contributed by atoms with Crippen molar-refractivity contribution in [1.29, 1.82) is 0 Å². The molecule has 83 heavy (non-hydrogen) atoms. The maximum Gasteiger partial charge on any atom is 0.0468 e. The Morgan fingerprint density at radius 1 is 0.193 bits per heavy atom. The van der Waals surface area contributed by atoms with Gasteiger partial charge in [0.15, 0.2) is 0 Å². The quantitative estimate of drug-likeness (QED) is 0.113. The van der Waals surface area contributed by atoms with Gasteiger partial charge in [-0.15, -0.1) is 0 Å². The normalized spacial score (nSPS) is 12.3. The van der Waals surface area contributed by atoms with Crippen LogP contribution in [-0.4, -0.2) is 0 Å². The van der Waals surface area contributed by atoms with Crippen molar-refractivity contribution in [2.24, 2.45) is 0 Å². The smallest absolute Gasteiger partial charge is 0.0468 e. The molecule has 4 heteroatoms. The lowest BCUT2D eigenvalue weighted by Gasteiger charge is -2.29. The largest absolute Gasteiger partial charge is 0.310 e. The molecule has 0 fully saturated rings. The van der Waals surface area contributed by atoms with Crippen LogP contribution in [0.3, 0.4) is 0 Å². The second-order valence-corrected chi connectivity index (χ2v) is 22.2. The Labute approximate surface area is 485 Å². The lowest BCUT2D eigenvalue weighted by atomic mass is 9.82. The first-order chi connectivity index (χ1) is 40.9. The van der Waals surface area contributed by atoms with Crippen molar-refractivity contribution >= 4 is 111 Å². The molecule has 0 saturated heterocycles. The van der Waals surface area contributed by atoms with Gasteiger partial charge in [0.25, 0.3) is 0 Å². The predicted octanol–water partition coefficient (Wildman–Crippen LogP) is 22.5. The van der Waals surface area contributed by atoms with Gasteiger partial charge < -0.3 is 19.6 Å².